The fraction of sp³-hybridized carbons (Fsp3) is 0.467. The first-order valence-electron chi connectivity index (χ1n) is 14.4. The third kappa shape index (κ3) is 6.37. The van der Waals surface area contributed by atoms with Gasteiger partial charge in [-0.15, -0.1) is 22.7 Å². The lowest BCUT2D eigenvalue weighted by Gasteiger charge is -2.51. The zero-order chi connectivity index (χ0) is 33.6. The van der Waals surface area contributed by atoms with E-state index in [0.717, 1.165) is 51.6 Å². The summed E-state index contributed by atoms with van der Waals surface area (Å²) in [5.74, 6) is -2.53. The van der Waals surface area contributed by atoms with Gasteiger partial charge in [-0.1, -0.05) is 24.9 Å². The van der Waals surface area contributed by atoms with Gasteiger partial charge in [-0.25, -0.2) is 0 Å². The Labute approximate surface area is 273 Å². The van der Waals surface area contributed by atoms with Gasteiger partial charge in [-0.2, -0.15) is 26.3 Å². The summed E-state index contributed by atoms with van der Waals surface area (Å²) in [6.07, 6.45) is -7.86. The second-order valence-electron chi connectivity index (χ2n) is 11.1. The topological polar surface area (TPSA) is 79.8 Å². The maximum atomic E-state index is 14.9. The van der Waals surface area contributed by atoms with Crippen molar-refractivity contribution < 1.29 is 45.5 Å². The fourth-order valence-electron chi connectivity index (χ4n) is 6.29. The molecule has 7 nitrogen and oxygen atoms in total. The number of hydrogen-bond donors (Lipinski definition) is 0. The number of rotatable bonds is 7. The summed E-state index contributed by atoms with van der Waals surface area (Å²) in [6, 6.07) is 1.94. The van der Waals surface area contributed by atoms with Crippen molar-refractivity contribution in [1.29, 1.82) is 0 Å². The van der Waals surface area contributed by atoms with Crippen molar-refractivity contribution in [1.82, 2.24) is 14.8 Å². The van der Waals surface area contributed by atoms with E-state index in [9.17, 15) is 40.7 Å². The van der Waals surface area contributed by atoms with Gasteiger partial charge >= 0.3 is 12.4 Å². The minimum Gasteiger partial charge on any atom is -0.474 e. The summed E-state index contributed by atoms with van der Waals surface area (Å²) < 4.78 is 89.2. The van der Waals surface area contributed by atoms with Crippen LogP contribution in [0.3, 0.4) is 0 Å². The molecule has 0 N–H and O–H groups in total. The van der Waals surface area contributed by atoms with Crippen LogP contribution < -0.4 is 4.74 Å². The van der Waals surface area contributed by atoms with Crippen molar-refractivity contribution in [2.75, 3.05) is 13.1 Å². The van der Waals surface area contributed by atoms with E-state index >= 15 is 0 Å². The third-order valence-electron chi connectivity index (χ3n) is 8.16. The summed E-state index contributed by atoms with van der Waals surface area (Å²) in [7, 11) is 0. The Morgan fingerprint density at radius 2 is 1.85 bits per heavy atom. The van der Waals surface area contributed by atoms with Gasteiger partial charge in [-0.05, 0) is 49.9 Å². The number of ketones is 1. The molecule has 0 aliphatic carbocycles. The average Bonchev–Trinajstić information content (AvgIpc) is 3.62. The minimum absolute atomic E-state index is 0.0386. The standard InChI is InChI=1S/C30H28ClF6N3O4S2/c1-3-6-20-28(44-18-14-21(45-15-18)30(35,36)37,27(43)40-12-8-17-13-22(31)46-25(17)24(40)16(2)41)9-5-11-39(20)26(42)23-19(29(32,33)34)7-4-10-38-23/h4,7,10,13-15,20,24H,3,5-6,8-9,11-12H2,1-2H3/t20-,24?,28+/m1/s1. The van der Waals surface area contributed by atoms with Gasteiger partial charge in [0.15, 0.2) is 5.78 Å². The number of thiophene rings is 2. The van der Waals surface area contributed by atoms with Crippen LogP contribution in [-0.4, -0.2) is 57.1 Å². The lowest BCUT2D eigenvalue weighted by atomic mass is 9.79. The molecule has 0 aromatic carbocycles. The lowest BCUT2D eigenvalue weighted by Crippen LogP contribution is -2.68. The summed E-state index contributed by atoms with van der Waals surface area (Å²) in [5, 5.41) is 1.10. The number of ether oxygens (including phenoxy) is 1. The largest absolute Gasteiger partial charge is 0.474 e. The molecule has 16 heteroatoms. The molecule has 5 heterocycles. The molecule has 3 atom stereocenters. The monoisotopic (exact) mass is 707 g/mol. The number of pyridine rings is 1. The Morgan fingerprint density at radius 3 is 2.48 bits per heavy atom. The Morgan fingerprint density at radius 1 is 1.11 bits per heavy atom. The summed E-state index contributed by atoms with van der Waals surface area (Å²) in [4.78, 5) is 47.6. The van der Waals surface area contributed by atoms with E-state index in [2.05, 4.69) is 4.98 Å². The Kier molecular flexibility index (Phi) is 9.50. The van der Waals surface area contributed by atoms with Gasteiger partial charge in [0.25, 0.3) is 11.8 Å². The number of piperidine rings is 1. The number of halogens is 7. The van der Waals surface area contributed by atoms with E-state index in [-0.39, 0.29) is 38.1 Å². The van der Waals surface area contributed by atoms with E-state index in [1.165, 1.54) is 11.8 Å². The number of likely N-dealkylation sites (tertiary alicyclic amines) is 1. The molecule has 2 aliphatic rings. The molecule has 1 fully saturated rings. The summed E-state index contributed by atoms with van der Waals surface area (Å²) in [6.45, 7) is 3.01. The first kappa shape index (κ1) is 34.2. The van der Waals surface area contributed by atoms with Crippen LogP contribution >= 0.6 is 34.3 Å². The Bertz CT molecular complexity index is 1640. The third-order valence-corrected chi connectivity index (χ3v) is 10.5. The van der Waals surface area contributed by atoms with E-state index in [1.54, 1.807) is 13.0 Å². The Hall–Kier alpha value is -3.17. The predicted molar refractivity (Wildman–Crippen MR) is 159 cm³/mol. The Balaban J connectivity index is 1.65. The number of nitrogens with zero attached hydrogens (tertiary/aromatic N) is 3. The SMILES string of the molecule is CCC[C@H]1N(C(=O)c2ncccc2C(F)(F)F)CCC[C@@]1(Oc1csc(C(F)(F)F)c1)C(=O)N1CCc2cc(Cl)sc2C1C(C)=O. The van der Waals surface area contributed by atoms with Crippen molar-refractivity contribution in [2.24, 2.45) is 0 Å². The molecule has 1 saturated heterocycles. The zero-order valence-corrected chi connectivity index (χ0v) is 26.9. The predicted octanol–water partition coefficient (Wildman–Crippen LogP) is 7.83. The molecule has 0 radical (unpaired) electrons. The van der Waals surface area contributed by atoms with Crippen LogP contribution in [0.15, 0.2) is 35.8 Å². The molecule has 0 bridgehead atoms. The highest BCUT2D eigenvalue weighted by atomic mass is 35.5. The number of hydrogen-bond acceptors (Lipinski definition) is 7. The number of amides is 2. The molecule has 2 amide bonds. The molecule has 0 spiro atoms. The van der Waals surface area contributed by atoms with Gasteiger partial charge < -0.3 is 14.5 Å². The number of carbonyl (C=O) groups excluding carboxylic acids is 3. The van der Waals surface area contributed by atoms with Crippen LogP contribution in [0.1, 0.15) is 76.9 Å². The molecule has 3 aromatic heterocycles. The molecule has 5 rings (SSSR count). The van der Waals surface area contributed by atoms with Crippen molar-refractivity contribution in [3.8, 4) is 5.75 Å². The van der Waals surface area contributed by atoms with Crippen molar-refractivity contribution in [3.05, 3.63) is 66.8 Å². The van der Waals surface area contributed by atoms with Crippen molar-refractivity contribution >= 4 is 51.9 Å². The molecular formula is C30H28ClF6N3O4S2. The number of alkyl halides is 6. The maximum absolute atomic E-state index is 14.9. The average molecular weight is 708 g/mol. The van der Waals surface area contributed by atoms with E-state index in [1.807, 2.05) is 0 Å². The smallest absolute Gasteiger partial charge is 0.425 e. The van der Waals surface area contributed by atoms with Crippen LogP contribution in [0.2, 0.25) is 4.34 Å². The van der Waals surface area contributed by atoms with Crippen LogP contribution in [0, 0.1) is 0 Å². The van der Waals surface area contributed by atoms with Gasteiger partial charge in [0, 0.05) is 42.0 Å². The molecule has 2 aliphatic heterocycles. The highest BCUT2D eigenvalue weighted by Crippen LogP contribution is 2.45. The lowest BCUT2D eigenvalue weighted by molar-refractivity contribution is -0.164. The van der Waals surface area contributed by atoms with Gasteiger partial charge in [0.05, 0.1) is 15.9 Å². The van der Waals surface area contributed by atoms with Gasteiger partial charge in [0.1, 0.15) is 22.4 Å². The van der Waals surface area contributed by atoms with Gasteiger partial charge in [-0.3, -0.25) is 19.4 Å². The second-order valence-corrected chi connectivity index (χ2v) is 13.8. The van der Waals surface area contributed by atoms with Crippen molar-refractivity contribution in [3.63, 3.8) is 0 Å². The molecule has 1 unspecified atom stereocenters. The molecule has 3 aromatic rings. The molecule has 0 saturated carbocycles. The number of Topliss-reactive ketones (excluding diaryl/α,β-unsaturated/α-hetero) is 1. The number of fused-ring (bicyclic) bond motifs is 1. The van der Waals surface area contributed by atoms with Crippen LogP contribution in [0.25, 0.3) is 0 Å². The van der Waals surface area contributed by atoms with Crippen molar-refractivity contribution in [2.45, 2.75) is 76.0 Å². The first-order valence-corrected chi connectivity index (χ1v) is 16.4. The summed E-state index contributed by atoms with van der Waals surface area (Å²) >= 11 is 7.73. The minimum atomic E-state index is -4.91. The van der Waals surface area contributed by atoms with E-state index in [4.69, 9.17) is 16.3 Å². The number of aromatic nitrogens is 1. The van der Waals surface area contributed by atoms with Crippen LogP contribution in [0.4, 0.5) is 26.3 Å². The maximum Gasteiger partial charge on any atom is 0.425 e. The molecular weight excluding hydrogens is 680 g/mol. The second kappa shape index (κ2) is 12.8. The van der Waals surface area contributed by atoms with E-state index in [0.29, 0.717) is 33.4 Å². The quantitative estimate of drug-likeness (QED) is 0.234. The van der Waals surface area contributed by atoms with Crippen LogP contribution in [0.5, 0.6) is 5.75 Å². The van der Waals surface area contributed by atoms with E-state index < -0.39 is 63.8 Å². The zero-order valence-electron chi connectivity index (χ0n) is 24.5. The highest BCUT2D eigenvalue weighted by Gasteiger charge is 2.57. The highest BCUT2D eigenvalue weighted by molar-refractivity contribution is 7.16. The normalized spacial score (nSPS) is 22.0. The summed E-state index contributed by atoms with van der Waals surface area (Å²) in [5.41, 5.74) is -3.40. The fourth-order valence-corrected chi connectivity index (χ4v) is 8.45. The molecule has 248 valence electrons. The van der Waals surface area contributed by atoms with Gasteiger partial charge in [0.2, 0.25) is 5.60 Å². The van der Waals surface area contributed by atoms with Crippen LogP contribution in [-0.2, 0) is 28.4 Å². The molecule has 46 heavy (non-hydrogen) atoms. The number of carbonyl (C=O) groups is 3. The first-order chi connectivity index (χ1) is 21.6.